The average Bonchev–Trinajstić information content (AvgIpc) is 2.65. The highest BCUT2D eigenvalue weighted by atomic mass is 15.0. The minimum atomic E-state index is 1.21. The number of aryl methyl sites for hydroxylation is 1. The summed E-state index contributed by atoms with van der Waals surface area (Å²) in [5, 5.41) is 1.45. The van der Waals surface area contributed by atoms with Crippen LogP contribution >= 0.6 is 0 Å². The summed E-state index contributed by atoms with van der Waals surface area (Å²) in [4.78, 5) is 0. The molecule has 1 nitrogen and oxygen atoms in total. The Morgan fingerprint density at radius 3 is 2.35 bits per heavy atom. The number of nitrogens with zero attached hydrogens (tertiary/aromatic N) is 1. The lowest BCUT2D eigenvalue weighted by Crippen LogP contribution is -2.00. The monoisotopic (exact) mass is 261 g/mol. The second kappa shape index (κ2) is 4.82. The van der Waals surface area contributed by atoms with Crippen molar-refractivity contribution in [3.63, 3.8) is 0 Å². The van der Waals surface area contributed by atoms with E-state index in [1.165, 1.54) is 54.4 Å². The van der Waals surface area contributed by atoms with Crippen LogP contribution in [0.2, 0.25) is 0 Å². The quantitative estimate of drug-likeness (QED) is 0.549. The van der Waals surface area contributed by atoms with Crippen molar-refractivity contribution in [2.24, 2.45) is 0 Å². The van der Waals surface area contributed by atoms with Gasteiger partial charge in [0.1, 0.15) is 0 Å². The molecule has 0 N–H and O–H groups in total. The third-order valence-corrected chi connectivity index (χ3v) is 4.44. The molecular formula is C19H19N. The number of para-hydroxylation sites is 2. The molecule has 1 heterocycles. The van der Waals surface area contributed by atoms with Gasteiger partial charge >= 0.3 is 0 Å². The molecule has 1 heteroatoms. The second-order valence-corrected chi connectivity index (χ2v) is 5.67. The van der Waals surface area contributed by atoms with Gasteiger partial charge in [0.15, 0.2) is 0 Å². The Bertz CT molecular complexity index is 737. The van der Waals surface area contributed by atoms with Crippen LogP contribution in [0.3, 0.4) is 0 Å². The molecule has 0 saturated carbocycles. The van der Waals surface area contributed by atoms with Crippen LogP contribution in [0.1, 0.15) is 30.5 Å². The first-order valence-corrected chi connectivity index (χ1v) is 7.62. The summed E-state index contributed by atoms with van der Waals surface area (Å²) in [7, 11) is 0. The van der Waals surface area contributed by atoms with Crippen molar-refractivity contribution in [3.05, 3.63) is 65.9 Å². The van der Waals surface area contributed by atoms with E-state index >= 15 is 0 Å². The maximum atomic E-state index is 2.48. The fourth-order valence-corrected chi connectivity index (χ4v) is 3.54. The number of hydrogen-bond donors (Lipinski definition) is 0. The normalized spacial score (nSPS) is 15.0. The zero-order valence-corrected chi connectivity index (χ0v) is 11.7. The summed E-state index contributed by atoms with van der Waals surface area (Å²) in [6.45, 7) is 0. The van der Waals surface area contributed by atoms with Crippen LogP contribution in [-0.4, -0.2) is 4.57 Å². The molecule has 0 amide bonds. The van der Waals surface area contributed by atoms with Gasteiger partial charge < -0.3 is 4.57 Å². The van der Waals surface area contributed by atoms with E-state index in [0.29, 0.717) is 0 Å². The van der Waals surface area contributed by atoms with Crippen molar-refractivity contribution in [1.29, 1.82) is 0 Å². The molecule has 100 valence electrons. The van der Waals surface area contributed by atoms with Gasteiger partial charge in [0.05, 0.1) is 5.52 Å². The summed E-state index contributed by atoms with van der Waals surface area (Å²) in [6, 6.07) is 19.7. The van der Waals surface area contributed by atoms with Gasteiger partial charge in [-0.3, -0.25) is 0 Å². The van der Waals surface area contributed by atoms with Crippen molar-refractivity contribution >= 4 is 10.9 Å². The summed E-state index contributed by atoms with van der Waals surface area (Å²) in [5.74, 6) is 0. The molecule has 1 aliphatic rings. The molecule has 0 bridgehead atoms. The molecule has 3 aromatic rings. The number of fused-ring (bicyclic) bond motifs is 3. The van der Waals surface area contributed by atoms with Crippen molar-refractivity contribution in [3.8, 4) is 5.69 Å². The number of benzene rings is 2. The molecule has 0 atom stereocenters. The van der Waals surface area contributed by atoms with Gasteiger partial charge in [-0.05, 0) is 49.4 Å². The highest BCUT2D eigenvalue weighted by molar-refractivity contribution is 5.87. The second-order valence-electron chi connectivity index (χ2n) is 5.67. The van der Waals surface area contributed by atoms with Gasteiger partial charge in [0.25, 0.3) is 0 Å². The summed E-state index contributed by atoms with van der Waals surface area (Å²) < 4.78 is 2.48. The van der Waals surface area contributed by atoms with Crippen LogP contribution < -0.4 is 0 Å². The highest BCUT2D eigenvalue weighted by Gasteiger charge is 2.19. The minimum Gasteiger partial charge on any atom is -0.313 e. The molecule has 4 rings (SSSR count). The first-order chi connectivity index (χ1) is 9.95. The summed E-state index contributed by atoms with van der Waals surface area (Å²) >= 11 is 0. The molecule has 0 fully saturated rings. The van der Waals surface area contributed by atoms with Crippen LogP contribution in [0.4, 0.5) is 0 Å². The van der Waals surface area contributed by atoms with E-state index in [-0.39, 0.29) is 0 Å². The first-order valence-electron chi connectivity index (χ1n) is 7.62. The van der Waals surface area contributed by atoms with Crippen molar-refractivity contribution < 1.29 is 0 Å². The van der Waals surface area contributed by atoms with Crippen LogP contribution in [-0.2, 0) is 12.8 Å². The molecule has 1 aliphatic carbocycles. The first kappa shape index (κ1) is 11.8. The maximum absolute atomic E-state index is 2.48. The number of hydrogen-bond acceptors (Lipinski definition) is 0. The fraction of sp³-hybridized carbons (Fsp3) is 0.263. The minimum absolute atomic E-state index is 1.21. The van der Waals surface area contributed by atoms with Crippen molar-refractivity contribution in [2.75, 3.05) is 0 Å². The van der Waals surface area contributed by atoms with E-state index in [9.17, 15) is 0 Å². The van der Waals surface area contributed by atoms with Crippen LogP contribution in [0.15, 0.2) is 54.6 Å². The molecular weight excluding hydrogens is 242 g/mol. The lowest BCUT2D eigenvalue weighted by molar-refractivity contribution is 0.704. The SMILES string of the molecule is c1ccc(-n2c3c(c4ccccc42)CCCCC3)cc1. The number of aromatic nitrogens is 1. The Morgan fingerprint density at radius 1 is 0.700 bits per heavy atom. The molecule has 0 radical (unpaired) electrons. The largest absolute Gasteiger partial charge is 0.313 e. The Kier molecular flexibility index (Phi) is 2.84. The summed E-state index contributed by atoms with van der Waals surface area (Å²) in [6.07, 6.45) is 6.44. The molecule has 0 saturated heterocycles. The van der Waals surface area contributed by atoms with Crippen molar-refractivity contribution in [1.82, 2.24) is 4.57 Å². The zero-order chi connectivity index (χ0) is 13.4. The number of rotatable bonds is 1. The predicted molar refractivity (Wildman–Crippen MR) is 84.5 cm³/mol. The third kappa shape index (κ3) is 1.77. The zero-order valence-electron chi connectivity index (χ0n) is 11.7. The van der Waals surface area contributed by atoms with Gasteiger partial charge in [0.2, 0.25) is 0 Å². The van der Waals surface area contributed by atoms with E-state index in [0.717, 1.165) is 0 Å². The predicted octanol–water partition coefficient (Wildman–Crippen LogP) is 4.90. The topological polar surface area (TPSA) is 4.93 Å². The van der Waals surface area contributed by atoms with Gasteiger partial charge in [-0.2, -0.15) is 0 Å². The standard InChI is InChI=1S/C19H19N/c1-3-9-15(10-4-1)20-18-13-6-2-5-11-16(18)17-12-7-8-14-19(17)20/h1,3-4,7-10,12,14H,2,5-6,11,13H2. The average molecular weight is 261 g/mol. The van der Waals surface area contributed by atoms with E-state index in [4.69, 9.17) is 0 Å². The Labute approximate surface area is 119 Å². The molecule has 0 spiro atoms. The van der Waals surface area contributed by atoms with Crippen LogP contribution in [0, 0.1) is 0 Å². The van der Waals surface area contributed by atoms with Gasteiger partial charge in [-0.1, -0.05) is 42.8 Å². The highest BCUT2D eigenvalue weighted by Crippen LogP contribution is 2.33. The Balaban J connectivity index is 2.06. The van der Waals surface area contributed by atoms with E-state index in [1.807, 2.05) is 0 Å². The molecule has 1 aromatic heterocycles. The smallest absolute Gasteiger partial charge is 0.0534 e. The maximum Gasteiger partial charge on any atom is 0.0534 e. The van der Waals surface area contributed by atoms with Crippen molar-refractivity contribution in [2.45, 2.75) is 32.1 Å². The fourth-order valence-electron chi connectivity index (χ4n) is 3.54. The molecule has 2 aromatic carbocycles. The molecule has 20 heavy (non-hydrogen) atoms. The van der Waals surface area contributed by atoms with E-state index in [2.05, 4.69) is 59.2 Å². The molecule has 0 unspecified atom stereocenters. The van der Waals surface area contributed by atoms with Gasteiger partial charge in [-0.25, -0.2) is 0 Å². The Hall–Kier alpha value is -2.02. The lowest BCUT2D eigenvalue weighted by Gasteiger charge is -2.10. The van der Waals surface area contributed by atoms with Gasteiger partial charge in [0, 0.05) is 16.8 Å². The molecule has 0 aliphatic heterocycles. The van der Waals surface area contributed by atoms with Gasteiger partial charge in [-0.15, -0.1) is 0 Å². The van der Waals surface area contributed by atoms with E-state index in [1.54, 1.807) is 5.56 Å². The Morgan fingerprint density at radius 2 is 1.45 bits per heavy atom. The third-order valence-electron chi connectivity index (χ3n) is 4.44. The summed E-state index contributed by atoms with van der Waals surface area (Å²) in [5.41, 5.74) is 5.79. The lowest BCUT2D eigenvalue weighted by atomic mass is 10.1. The van der Waals surface area contributed by atoms with E-state index < -0.39 is 0 Å². The van der Waals surface area contributed by atoms with Crippen LogP contribution in [0.25, 0.3) is 16.6 Å². The van der Waals surface area contributed by atoms with Crippen LogP contribution in [0.5, 0.6) is 0 Å².